The van der Waals surface area contributed by atoms with E-state index in [9.17, 15) is 9.18 Å². The number of thioether (sulfide) groups is 1. The Hall–Kier alpha value is -3.02. The fourth-order valence-electron chi connectivity index (χ4n) is 2.75. The molecule has 0 spiro atoms. The molecule has 27 heavy (non-hydrogen) atoms. The predicted octanol–water partition coefficient (Wildman–Crippen LogP) is 1.45. The lowest BCUT2D eigenvalue weighted by Gasteiger charge is -2.14. The van der Waals surface area contributed by atoms with E-state index in [0.29, 0.717) is 23.1 Å². The number of benzene rings is 1. The molecule has 3 aromatic rings. The van der Waals surface area contributed by atoms with Gasteiger partial charge in [-0.05, 0) is 41.8 Å². The number of amides is 1. The lowest BCUT2D eigenvalue weighted by Crippen LogP contribution is -2.26. The van der Waals surface area contributed by atoms with Crippen LogP contribution >= 0.6 is 11.8 Å². The Morgan fingerprint density at radius 2 is 2.19 bits per heavy atom. The van der Waals surface area contributed by atoms with Gasteiger partial charge in [0.1, 0.15) is 22.6 Å². The third-order valence-corrected chi connectivity index (χ3v) is 4.74. The molecule has 0 saturated carbocycles. The van der Waals surface area contributed by atoms with Crippen LogP contribution in [0.2, 0.25) is 0 Å². The largest absolute Gasteiger partial charge is 0.442 e. The number of tetrazole rings is 1. The summed E-state index contributed by atoms with van der Waals surface area (Å²) in [7, 11) is 0. The fourth-order valence-corrected chi connectivity index (χ4v) is 3.07. The van der Waals surface area contributed by atoms with Gasteiger partial charge in [-0.1, -0.05) is 5.21 Å². The second kappa shape index (κ2) is 6.95. The SMILES string of the molecule is CSc1cn(-c2ccc(N3C[C@H](Cn4nnnc4C)OC3=O)cc2F)nn1. The van der Waals surface area contributed by atoms with Crippen LogP contribution in [0.5, 0.6) is 0 Å². The number of hydrogen-bond acceptors (Lipinski definition) is 8. The van der Waals surface area contributed by atoms with Gasteiger partial charge < -0.3 is 4.74 Å². The van der Waals surface area contributed by atoms with Crippen molar-refractivity contribution in [3.8, 4) is 5.69 Å². The van der Waals surface area contributed by atoms with Gasteiger partial charge in [0.05, 0.1) is 25.0 Å². The fraction of sp³-hybridized carbons (Fsp3) is 0.333. The number of carbonyl (C=O) groups excluding carboxylic acids is 1. The van der Waals surface area contributed by atoms with Gasteiger partial charge in [0.15, 0.2) is 5.82 Å². The van der Waals surface area contributed by atoms with Crippen molar-refractivity contribution in [3.05, 3.63) is 36.0 Å². The molecule has 0 N–H and O–H groups in total. The first kappa shape index (κ1) is 17.4. The third-order valence-electron chi connectivity index (χ3n) is 4.13. The predicted molar refractivity (Wildman–Crippen MR) is 93.3 cm³/mol. The van der Waals surface area contributed by atoms with Crippen LogP contribution in [-0.2, 0) is 11.3 Å². The van der Waals surface area contributed by atoms with E-state index in [1.807, 2.05) is 6.26 Å². The summed E-state index contributed by atoms with van der Waals surface area (Å²) in [6.07, 6.45) is 2.53. The van der Waals surface area contributed by atoms with Crippen molar-refractivity contribution in [2.24, 2.45) is 0 Å². The number of aryl methyl sites for hydroxylation is 1. The Balaban J connectivity index is 1.52. The van der Waals surface area contributed by atoms with Gasteiger partial charge in [0.25, 0.3) is 0 Å². The van der Waals surface area contributed by atoms with Crippen molar-refractivity contribution in [1.82, 2.24) is 35.2 Å². The number of cyclic esters (lactones) is 1. The van der Waals surface area contributed by atoms with Crippen LogP contribution in [0.15, 0.2) is 29.4 Å². The van der Waals surface area contributed by atoms with Crippen LogP contribution < -0.4 is 4.90 Å². The van der Waals surface area contributed by atoms with E-state index in [2.05, 4.69) is 25.8 Å². The molecule has 1 fully saturated rings. The number of hydrogen-bond donors (Lipinski definition) is 0. The van der Waals surface area contributed by atoms with Crippen LogP contribution in [-0.4, -0.2) is 60.2 Å². The number of ether oxygens (including phenoxy) is 1. The maximum atomic E-state index is 14.6. The highest BCUT2D eigenvalue weighted by Gasteiger charge is 2.33. The Morgan fingerprint density at radius 3 is 2.85 bits per heavy atom. The zero-order valence-electron chi connectivity index (χ0n) is 14.5. The van der Waals surface area contributed by atoms with Gasteiger partial charge in [0.2, 0.25) is 0 Å². The summed E-state index contributed by atoms with van der Waals surface area (Å²) in [4.78, 5) is 13.6. The molecule has 12 heteroatoms. The minimum Gasteiger partial charge on any atom is -0.442 e. The van der Waals surface area contributed by atoms with E-state index >= 15 is 0 Å². The molecule has 0 radical (unpaired) electrons. The van der Waals surface area contributed by atoms with Crippen molar-refractivity contribution in [3.63, 3.8) is 0 Å². The molecule has 0 unspecified atom stereocenters. The summed E-state index contributed by atoms with van der Waals surface area (Å²) in [6.45, 7) is 2.37. The number of rotatable bonds is 5. The topological polar surface area (TPSA) is 104 Å². The molecule has 1 aromatic carbocycles. The van der Waals surface area contributed by atoms with Crippen molar-refractivity contribution in [1.29, 1.82) is 0 Å². The molecule has 140 valence electrons. The Labute approximate surface area is 157 Å². The van der Waals surface area contributed by atoms with E-state index in [4.69, 9.17) is 4.74 Å². The van der Waals surface area contributed by atoms with E-state index < -0.39 is 18.0 Å². The molecule has 1 atom stereocenters. The van der Waals surface area contributed by atoms with Crippen LogP contribution in [0, 0.1) is 12.7 Å². The molecular formula is C15H15FN8O2S. The molecule has 10 nitrogen and oxygen atoms in total. The minimum absolute atomic E-state index is 0.250. The van der Waals surface area contributed by atoms with E-state index in [1.54, 1.807) is 29.9 Å². The minimum atomic E-state index is -0.539. The summed E-state index contributed by atoms with van der Waals surface area (Å²) in [5, 5.41) is 19.7. The van der Waals surface area contributed by atoms with Crippen LogP contribution in [0.1, 0.15) is 5.82 Å². The van der Waals surface area contributed by atoms with Crippen molar-refractivity contribution in [2.75, 3.05) is 17.7 Å². The summed E-state index contributed by atoms with van der Waals surface area (Å²) in [6, 6.07) is 4.47. The Kier molecular flexibility index (Phi) is 4.48. The first-order valence-electron chi connectivity index (χ1n) is 8.02. The van der Waals surface area contributed by atoms with Crippen molar-refractivity contribution >= 4 is 23.5 Å². The van der Waals surface area contributed by atoms with Crippen LogP contribution in [0.3, 0.4) is 0 Å². The molecule has 1 aliphatic heterocycles. The number of anilines is 1. The summed E-state index contributed by atoms with van der Waals surface area (Å²) in [5.41, 5.74) is 0.655. The molecule has 3 heterocycles. The number of aromatic nitrogens is 7. The van der Waals surface area contributed by atoms with Gasteiger partial charge in [-0.15, -0.1) is 22.0 Å². The molecule has 0 bridgehead atoms. The standard InChI is InChI=1S/C15H15FN8O2S/c1-9-17-19-21-23(9)7-11-6-22(15(25)26-11)10-3-4-13(12(16)5-10)24-8-14(27-2)18-20-24/h3-5,8,11H,6-7H2,1-2H3/t11-/m1/s1. The van der Waals surface area contributed by atoms with Gasteiger partial charge in [0, 0.05) is 0 Å². The first-order chi connectivity index (χ1) is 13.0. The average molecular weight is 390 g/mol. The second-order valence-corrected chi connectivity index (χ2v) is 6.69. The summed E-state index contributed by atoms with van der Waals surface area (Å²) in [5.74, 6) is 0.106. The third kappa shape index (κ3) is 3.35. The van der Waals surface area contributed by atoms with Crippen LogP contribution in [0.4, 0.5) is 14.9 Å². The van der Waals surface area contributed by atoms with E-state index in [-0.39, 0.29) is 12.2 Å². The molecule has 4 rings (SSSR count). The molecule has 0 aliphatic carbocycles. The van der Waals surface area contributed by atoms with Gasteiger partial charge in [-0.3, -0.25) is 4.90 Å². The quantitative estimate of drug-likeness (QED) is 0.603. The lowest BCUT2D eigenvalue weighted by molar-refractivity contribution is 0.128. The maximum absolute atomic E-state index is 14.6. The summed E-state index contributed by atoms with van der Waals surface area (Å²) < 4.78 is 22.8. The number of carbonyl (C=O) groups is 1. The van der Waals surface area contributed by atoms with Crippen molar-refractivity contribution < 1.29 is 13.9 Å². The molecule has 1 amide bonds. The zero-order chi connectivity index (χ0) is 19.0. The highest BCUT2D eigenvalue weighted by Crippen LogP contribution is 2.26. The number of nitrogens with zero attached hydrogens (tertiary/aromatic N) is 8. The van der Waals surface area contributed by atoms with Gasteiger partial charge >= 0.3 is 6.09 Å². The highest BCUT2D eigenvalue weighted by molar-refractivity contribution is 7.98. The normalized spacial score (nSPS) is 16.8. The second-order valence-electron chi connectivity index (χ2n) is 5.87. The zero-order valence-corrected chi connectivity index (χ0v) is 15.3. The van der Waals surface area contributed by atoms with E-state index in [0.717, 1.165) is 0 Å². The molecule has 1 aliphatic rings. The number of halogens is 1. The maximum Gasteiger partial charge on any atom is 0.414 e. The average Bonchev–Trinajstić information content (AvgIpc) is 3.36. The monoisotopic (exact) mass is 390 g/mol. The van der Waals surface area contributed by atoms with Gasteiger partial charge in [-0.2, -0.15) is 0 Å². The smallest absolute Gasteiger partial charge is 0.414 e. The molecule has 2 aromatic heterocycles. The van der Waals surface area contributed by atoms with E-state index in [1.165, 1.54) is 27.4 Å². The first-order valence-corrected chi connectivity index (χ1v) is 9.25. The van der Waals surface area contributed by atoms with Crippen molar-refractivity contribution in [2.45, 2.75) is 24.6 Å². The molecule has 1 saturated heterocycles. The lowest BCUT2D eigenvalue weighted by atomic mass is 10.2. The Bertz CT molecular complexity index is 990. The van der Waals surface area contributed by atoms with Gasteiger partial charge in [-0.25, -0.2) is 18.5 Å². The Morgan fingerprint density at radius 1 is 1.33 bits per heavy atom. The highest BCUT2D eigenvalue weighted by atomic mass is 32.2. The van der Waals surface area contributed by atoms with Crippen LogP contribution in [0.25, 0.3) is 5.69 Å². The summed E-state index contributed by atoms with van der Waals surface area (Å²) >= 11 is 1.41. The molecular weight excluding hydrogens is 375 g/mol.